The minimum absolute atomic E-state index is 0.323. The molecule has 16 heavy (non-hydrogen) atoms. The van der Waals surface area contributed by atoms with E-state index < -0.39 is 11.5 Å². The van der Waals surface area contributed by atoms with Gasteiger partial charge in [0.05, 0.1) is 15.8 Å². The SMILES string of the molecule is CCOC(=O)C(C)(C)C(O)c1ccc(Br)s1. The second-order valence-electron chi connectivity index (χ2n) is 3.99. The topological polar surface area (TPSA) is 46.5 Å². The predicted molar refractivity (Wildman–Crippen MR) is 67.4 cm³/mol. The van der Waals surface area contributed by atoms with Crippen molar-refractivity contribution in [3.05, 3.63) is 20.8 Å². The number of carbonyl (C=O) groups excluding carboxylic acids is 1. The Morgan fingerprint density at radius 1 is 1.62 bits per heavy atom. The Bertz CT molecular complexity index is 373. The number of halogens is 1. The molecular weight excluding hydrogens is 292 g/mol. The van der Waals surface area contributed by atoms with E-state index in [1.165, 1.54) is 11.3 Å². The number of ether oxygens (including phenoxy) is 1. The van der Waals surface area contributed by atoms with Crippen LogP contribution >= 0.6 is 27.3 Å². The summed E-state index contributed by atoms with van der Waals surface area (Å²) in [6.07, 6.45) is -0.845. The van der Waals surface area contributed by atoms with E-state index in [1.54, 1.807) is 26.8 Å². The van der Waals surface area contributed by atoms with Crippen molar-refractivity contribution in [2.75, 3.05) is 6.61 Å². The minimum atomic E-state index is -0.930. The van der Waals surface area contributed by atoms with Gasteiger partial charge in [-0.3, -0.25) is 4.79 Å². The zero-order valence-electron chi connectivity index (χ0n) is 9.49. The highest BCUT2D eigenvalue weighted by Gasteiger charge is 2.38. The van der Waals surface area contributed by atoms with Crippen LogP contribution in [0.15, 0.2) is 15.9 Å². The molecule has 0 aliphatic heterocycles. The summed E-state index contributed by atoms with van der Waals surface area (Å²) < 4.78 is 5.88. The lowest BCUT2D eigenvalue weighted by atomic mass is 9.86. The van der Waals surface area contributed by atoms with Crippen LogP contribution in [0.1, 0.15) is 31.8 Å². The van der Waals surface area contributed by atoms with Crippen molar-refractivity contribution in [1.82, 2.24) is 0 Å². The molecule has 1 rings (SSSR count). The van der Waals surface area contributed by atoms with Gasteiger partial charge in [-0.1, -0.05) is 0 Å². The summed E-state index contributed by atoms with van der Waals surface area (Å²) in [7, 11) is 0. The molecule has 0 fully saturated rings. The van der Waals surface area contributed by atoms with Crippen LogP contribution in [0.25, 0.3) is 0 Å². The average molecular weight is 307 g/mol. The molecule has 0 radical (unpaired) electrons. The van der Waals surface area contributed by atoms with Crippen molar-refractivity contribution in [3.63, 3.8) is 0 Å². The first-order valence-corrected chi connectivity index (χ1v) is 6.61. The highest BCUT2D eigenvalue weighted by molar-refractivity contribution is 9.11. The van der Waals surface area contributed by atoms with Gasteiger partial charge in [0, 0.05) is 4.88 Å². The number of rotatable bonds is 4. The van der Waals surface area contributed by atoms with Crippen LogP contribution in [0.4, 0.5) is 0 Å². The second kappa shape index (κ2) is 5.29. The van der Waals surface area contributed by atoms with Gasteiger partial charge in [-0.15, -0.1) is 11.3 Å². The highest BCUT2D eigenvalue weighted by atomic mass is 79.9. The largest absolute Gasteiger partial charge is 0.465 e. The summed E-state index contributed by atoms with van der Waals surface area (Å²) in [6.45, 7) is 5.44. The lowest BCUT2D eigenvalue weighted by molar-refractivity contribution is -0.160. The lowest BCUT2D eigenvalue weighted by Gasteiger charge is -2.27. The van der Waals surface area contributed by atoms with E-state index in [0.717, 1.165) is 8.66 Å². The van der Waals surface area contributed by atoms with Gasteiger partial charge in [0.2, 0.25) is 0 Å². The third-order valence-corrected chi connectivity index (χ3v) is 4.02. The third-order valence-electron chi connectivity index (χ3n) is 2.35. The van der Waals surface area contributed by atoms with Crippen LogP contribution < -0.4 is 0 Å². The van der Waals surface area contributed by atoms with Gasteiger partial charge >= 0.3 is 5.97 Å². The van der Waals surface area contributed by atoms with Crippen molar-refractivity contribution in [2.45, 2.75) is 26.9 Å². The molecule has 90 valence electrons. The first-order chi connectivity index (χ1) is 7.39. The highest BCUT2D eigenvalue weighted by Crippen LogP contribution is 2.38. The van der Waals surface area contributed by atoms with Gasteiger partial charge in [0.1, 0.15) is 6.10 Å². The summed E-state index contributed by atoms with van der Waals surface area (Å²) in [5, 5.41) is 10.1. The van der Waals surface area contributed by atoms with Gasteiger partial charge in [0.15, 0.2) is 0 Å². The number of aliphatic hydroxyl groups is 1. The van der Waals surface area contributed by atoms with E-state index in [0.29, 0.717) is 6.61 Å². The molecule has 1 aromatic heterocycles. The summed E-state index contributed by atoms with van der Waals surface area (Å²) in [5.41, 5.74) is -0.930. The van der Waals surface area contributed by atoms with Crippen molar-refractivity contribution < 1.29 is 14.6 Å². The molecular formula is C11H15BrO3S. The number of carbonyl (C=O) groups is 1. The Kier molecular flexibility index (Phi) is 4.52. The third kappa shape index (κ3) is 2.84. The van der Waals surface area contributed by atoms with Crippen molar-refractivity contribution in [2.24, 2.45) is 5.41 Å². The molecule has 1 atom stereocenters. The molecule has 0 saturated carbocycles. The molecule has 0 aliphatic carbocycles. The van der Waals surface area contributed by atoms with E-state index in [2.05, 4.69) is 15.9 Å². The minimum Gasteiger partial charge on any atom is -0.465 e. The van der Waals surface area contributed by atoms with Crippen molar-refractivity contribution >= 4 is 33.2 Å². The molecule has 0 bridgehead atoms. The van der Waals surface area contributed by atoms with E-state index in [-0.39, 0.29) is 5.97 Å². The Morgan fingerprint density at radius 2 is 2.25 bits per heavy atom. The summed E-state index contributed by atoms with van der Waals surface area (Å²) in [6, 6.07) is 3.66. The van der Waals surface area contributed by atoms with Crippen LogP contribution in [-0.4, -0.2) is 17.7 Å². The molecule has 0 amide bonds. The summed E-state index contributed by atoms with van der Waals surface area (Å²) >= 11 is 4.74. The fourth-order valence-corrected chi connectivity index (χ4v) is 2.86. The van der Waals surface area contributed by atoms with Crippen LogP contribution in [0.3, 0.4) is 0 Å². The van der Waals surface area contributed by atoms with Crippen LogP contribution in [0.2, 0.25) is 0 Å². The average Bonchev–Trinajstić information content (AvgIpc) is 2.64. The molecule has 1 aromatic rings. The Hall–Kier alpha value is -0.390. The molecule has 3 nitrogen and oxygen atoms in total. The van der Waals surface area contributed by atoms with Gasteiger partial charge < -0.3 is 9.84 Å². The summed E-state index contributed by atoms with van der Waals surface area (Å²) in [4.78, 5) is 12.5. The van der Waals surface area contributed by atoms with Crippen LogP contribution in [0.5, 0.6) is 0 Å². The van der Waals surface area contributed by atoms with E-state index >= 15 is 0 Å². The van der Waals surface area contributed by atoms with Crippen molar-refractivity contribution in [3.8, 4) is 0 Å². The van der Waals surface area contributed by atoms with Gasteiger partial charge in [0.25, 0.3) is 0 Å². The standard InChI is InChI=1S/C11H15BrO3S/c1-4-15-10(14)11(2,3)9(13)7-5-6-8(12)16-7/h5-6,9,13H,4H2,1-3H3. The number of hydrogen-bond donors (Lipinski definition) is 1. The van der Waals surface area contributed by atoms with Gasteiger partial charge in [-0.25, -0.2) is 0 Å². The van der Waals surface area contributed by atoms with E-state index in [4.69, 9.17) is 4.74 Å². The normalized spacial score (nSPS) is 13.6. The fraction of sp³-hybridized carbons (Fsp3) is 0.545. The monoisotopic (exact) mass is 306 g/mol. The second-order valence-corrected chi connectivity index (χ2v) is 6.48. The maximum atomic E-state index is 11.7. The predicted octanol–water partition coefficient (Wildman–Crippen LogP) is 3.13. The van der Waals surface area contributed by atoms with Gasteiger partial charge in [-0.2, -0.15) is 0 Å². The maximum Gasteiger partial charge on any atom is 0.314 e. The first-order valence-electron chi connectivity index (χ1n) is 5.00. The number of esters is 1. The number of hydrogen-bond acceptors (Lipinski definition) is 4. The maximum absolute atomic E-state index is 11.7. The zero-order chi connectivity index (χ0) is 12.3. The quantitative estimate of drug-likeness (QED) is 0.869. The van der Waals surface area contributed by atoms with Crippen LogP contribution in [-0.2, 0) is 9.53 Å². The molecule has 0 aliphatic rings. The molecule has 0 aromatic carbocycles. The molecule has 1 heterocycles. The molecule has 0 spiro atoms. The summed E-state index contributed by atoms with van der Waals surface area (Å²) in [5.74, 6) is -0.382. The smallest absolute Gasteiger partial charge is 0.314 e. The Labute approximate surface area is 108 Å². The van der Waals surface area contributed by atoms with Crippen molar-refractivity contribution in [1.29, 1.82) is 0 Å². The molecule has 1 unspecified atom stereocenters. The Morgan fingerprint density at radius 3 is 2.69 bits per heavy atom. The Balaban J connectivity index is 2.87. The number of thiophene rings is 1. The molecule has 5 heteroatoms. The molecule has 1 N–H and O–H groups in total. The lowest BCUT2D eigenvalue weighted by Crippen LogP contribution is -2.32. The zero-order valence-corrected chi connectivity index (χ0v) is 11.9. The van der Waals surface area contributed by atoms with E-state index in [1.807, 2.05) is 6.07 Å². The fourth-order valence-electron chi connectivity index (χ4n) is 1.26. The van der Waals surface area contributed by atoms with Gasteiger partial charge in [-0.05, 0) is 48.8 Å². The first kappa shape index (κ1) is 13.7. The van der Waals surface area contributed by atoms with Crippen LogP contribution in [0, 0.1) is 5.41 Å². The number of aliphatic hydroxyl groups excluding tert-OH is 1. The van der Waals surface area contributed by atoms with E-state index in [9.17, 15) is 9.90 Å². The molecule has 0 saturated heterocycles.